The maximum absolute atomic E-state index is 12.6. The zero-order valence-electron chi connectivity index (χ0n) is 14.5. The molecule has 27 heavy (non-hydrogen) atoms. The molecule has 1 fully saturated rings. The van der Waals surface area contributed by atoms with Gasteiger partial charge in [0.05, 0.1) is 28.8 Å². The van der Waals surface area contributed by atoms with Gasteiger partial charge in [0.2, 0.25) is 5.88 Å². The molecule has 0 saturated carbocycles. The second kappa shape index (κ2) is 6.89. The minimum atomic E-state index is -3.29. The number of hydrogen-bond acceptors (Lipinski definition) is 7. The molecule has 1 atom stereocenters. The molecule has 0 amide bonds. The maximum Gasteiger partial charge on any atom is 0.271 e. The van der Waals surface area contributed by atoms with Gasteiger partial charge in [-0.3, -0.25) is 14.4 Å². The van der Waals surface area contributed by atoms with Crippen molar-refractivity contribution in [3.8, 4) is 17.7 Å². The van der Waals surface area contributed by atoms with Crippen LogP contribution in [0.2, 0.25) is 0 Å². The zero-order chi connectivity index (χ0) is 19.8. The first-order chi connectivity index (χ1) is 12.7. The Balaban J connectivity index is 2.14. The summed E-state index contributed by atoms with van der Waals surface area (Å²) >= 11 is 0. The third-order valence-electron chi connectivity index (χ3n) is 4.56. The molecule has 2 N–H and O–H groups in total. The van der Waals surface area contributed by atoms with Gasteiger partial charge >= 0.3 is 0 Å². The normalized spacial score (nSPS) is 18.6. The third kappa shape index (κ3) is 3.57. The van der Waals surface area contributed by atoms with Crippen LogP contribution in [0, 0.1) is 18.3 Å². The van der Waals surface area contributed by atoms with E-state index >= 15 is 0 Å². The third-order valence-corrected chi connectivity index (χ3v) is 6.31. The standard InChI is InChI=1S/C18H17N3O5S/c1-11-15(8-19)17(23)21(13-6-7-27(25,26)10-13)18(24)16(11)9-20-12-2-4-14(22)5-3-12/h2-5,9,13,22,24H,6-7,10H2,1H3/t13-/m0/s1. The molecule has 3 rings (SSSR count). The van der Waals surface area contributed by atoms with E-state index in [-0.39, 0.29) is 40.4 Å². The van der Waals surface area contributed by atoms with E-state index in [0.717, 1.165) is 4.57 Å². The summed E-state index contributed by atoms with van der Waals surface area (Å²) in [6.45, 7) is 1.52. The first kappa shape index (κ1) is 18.7. The van der Waals surface area contributed by atoms with Crippen LogP contribution in [-0.2, 0) is 9.84 Å². The number of pyridine rings is 1. The van der Waals surface area contributed by atoms with Crippen molar-refractivity contribution < 1.29 is 18.6 Å². The molecular weight excluding hydrogens is 370 g/mol. The highest BCUT2D eigenvalue weighted by Crippen LogP contribution is 2.30. The number of rotatable bonds is 3. The Hall–Kier alpha value is -3.12. The highest BCUT2D eigenvalue weighted by molar-refractivity contribution is 7.91. The molecule has 2 aromatic rings. The van der Waals surface area contributed by atoms with Crippen molar-refractivity contribution in [2.45, 2.75) is 19.4 Å². The number of phenolic OH excluding ortho intramolecular Hbond substituents is 1. The predicted octanol–water partition coefficient (Wildman–Crippen LogP) is 1.55. The molecular formula is C18H17N3O5S. The summed E-state index contributed by atoms with van der Waals surface area (Å²) in [4.78, 5) is 16.8. The van der Waals surface area contributed by atoms with Crippen LogP contribution in [-0.4, -0.2) is 40.9 Å². The molecule has 1 saturated heterocycles. The number of sulfone groups is 1. The molecule has 9 heteroatoms. The fraction of sp³-hybridized carbons (Fsp3) is 0.278. The number of benzene rings is 1. The number of nitrogens with zero attached hydrogens (tertiary/aromatic N) is 3. The minimum Gasteiger partial charge on any atom is -0.508 e. The zero-order valence-corrected chi connectivity index (χ0v) is 15.3. The lowest BCUT2D eigenvalue weighted by atomic mass is 10.0. The molecule has 0 unspecified atom stereocenters. The highest BCUT2D eigenvalue weighted by atomic mass is 32.2. The number of aromatic hydroxyl groups is 2. The summed E-state index contributed by atoms with van der Waals surface area (Å²) in [5, 5.41) is 29.3. The first-order valence-corrected chi connectivity index (χ1v) is 9.97. The van der Waals surface area contributed by atoms with Crippen LogP contribution in [0.5, 0.6) is 11.6 Å². The molecule has 0 spiro atoms. The summed E-state index contributed by atoms with van der Waals surface area (Å²) < 4.78 is 24.5. The van der Waals surface area contributed by atoms with Crippen molar-refractivity contribution in [1.82, 2.24) is 4.57 Å². The van der Waals surface area contributed by atoms with Crippen LogP contribution < -0.4 is 5.56 Å². The summed E-state index contributed by atoms with van der Waals surface area (Å²) in [6, 6.07) is 7.12. The average molecular weight is 387 g/mol. The van der Waals surface area contributed by atoms with Crippen molar-refractivity contribution >= 4 is 21.7 Å². The van der Waals surface area contributed by atoms with Crippen molar-refractivity contribution in [1.29, 1.82) is 5.26 Å². The van der Waals surface area contributed by atoms with Crippen LogP contribution in [0.4, 0.5) is 5.69 Å². The van der Waals surface area contributed by atoms with E-state index in [4.69, 9.17) is 0 Å². The summed E-state index contributed by atoms with van der Waals surface area (Å²) in [5.41, 5.74) is 0.0510. The largest absolute Gasteiger partial charge is 0.508 e. The molecule has 1 aliphatic heterocycles. The van der Waals surface area contributed by atoms with E-state index in [9.17, 15) is 28.7 Å². The van der Waals surface area contributed by atoms with Gasteiger partial charge in [0.15, 0.2) is 9.84 Å². The Bertz CT molecular complexity index is 1130. The van der Waals surface area contributed by atoms with Gasteiger partial charge in [-0.25, -0.2) is 8.42 Å². The highest BCUT2D eigenvalue weighted by Gasteiger charge is 2.33. The fourth-order valence-corrected chi connectivity index (χ4v) is 4.79. The monoisotopic (exact) mass is 387 g/mol. The Kier molecular flexibility index (Phi) is 4.76. The van der Waals surface area contributed by atoms with Crippen LogP contribution in [0.1, 0.15) is 29.2 Å². The Morgan fingerprint density at radius 2 is 1.96 bits per heavy atom. The molecule has 1 aliphatic rings. The van der Waals surface area contributed by atoms with Gasteiger partial charge < -0.3 is 10.2 Å². The second-order valence-corrected chi connectivity index (χ2v) is 8.58. The lowest BCUT2D eigenvalue weighted by molar-refractivity contribution is 0.379. The molecule has 0 aliphatic carbocycles. The van der Waals surface area contributed by atoms with Gasteiger partial charge in [0, 0.05) is 6.21 Å². The molecule has 140 valence electrons. The average Bonchev–Trinajstić information content (AvgIpc) is 2.96. The topological polar surface area (TPSA) is 133 Å². The predicted molar refractivity (Wildman–Crippen MR) is 99.5 cm³/mol. The van der Waals surface area contributed by atoms with Gasteiger partial charge in [-0.05, 0) is 43.2 Å². The number of phenols is 1. The van der Waals surface area contributed by atoms with E-state index in [1.54, 1.807) is 12.1 Å². The molecule has 0 radical (unpaired) electrons. The smallest absolute Gasteiger partial charge is 0.271 e. The number of aliphatic imine (C=N–C) groups is 1. The summed E-state index contributed by atoms with van der Waals surface area (Å²) in [7, 11) is -3.29. The van der Waals surface area contributed by atoms with Crippen molar-refractivity contribution in [2.75, 3.05) is 11.5 Å². The van der Waals surface area contributed by atoms with E-state index in [2.05, 4.69) is 4.99 Å². The summed E-state index contributed by atoms with van der Waals surface area (Å²) in [6.07, 6.45) is 1.51. The fourth-order valence-electron chi connectivity index (χ4n) is 3.09. The first-order valence-electron chi connectivity index (χ1n) is 8.15. The lowest BCUT2D eigenvalue weighted by Gasteiger charge is -2.18. The van der Waals surface area contributed by atoms with E-state index in [1.807, 2.05) is 6.07 Å². The Morgan fingerprint density at radius 3 is 2.52 bits per heavy atom. The van der Waals surface area contributed by atoms with Crippen LogP contribution in [0.25, 0.3) is 0 Å². The van der Waals surface area contributed by atoms with Crippen molar-refractivity contribution in [3.63, 3.8) is 0 Å². The summed E-state index contributed by atoms with van der Waals surface area (Å²) in [5.74, 6) is -0.670. The van der Waals surface area contributed by atoms with Crippen LogP contribution >= 0.6 is 0 Å². The molecule has 1 aromatic carbocycles. The van der Waals surface area contributed by atoms with Crippen molar-refractivity contribution in [3.05, 3.63) is 51.3 Å². The van der Waals surface area contributed by atoms with Gasteiger partial charge in [-0.1, -0.05) is 0 Å². The van der Waals surface area contributed by atoms with E-state index in [1.165, 1.54) is 25.3 Å². The Morgan fingerprint density at radius 1 is 1.30 bits per heavy atom. The van der Waals surface area contributed by atoms with E-state index in [0.29, 0.717) is 5.69 Å². The van der Waals surface area contributed by atoms with Gasteiger partial charge in [-0.2, -0.15) is 5.26 Å². The molecule has 1 aromatic heterocycles. The van der Waals surface area contributed by atoms with Crippen LogP contribution in [0.3, 0.4) is 0 Å². The SMILES string of the molecule is Cc1c(C=Nc2ccc(O)cc2)c(O)n([C@H]2CCS(=O)(=O)C2)c(=O)c1C#N. The quantitative estimate of drug-likeness (QED) is 0.768. The second-order valence-electron chi connectivity index (χ2n) is 6.36. The Labute approximate surface area is 155 Å². The number of nitriles is 1. The number of hydrogen-bond donors (Lipinski definition) is 2. The molecule has 0 bridgehead atoms. The van der Waals surface area contributed by atoms with Crippen LogP contribution in [0.15, 0.2) is 34.1 Å². The maximum atomic E-state index is 12.6. The van der Waals surface area contributed by atoms with Gasteiger partial charge in [-0.15, -0.1) is 0 Å². The van der Waals surface area contributed by atoms with Crippen molar-refractivity contribution in [2.24, 2.45) is 4.99 Å². The van der Waals surface area contributed by atoms with Gasteiger partial charge in [0.25, 0.3) is 5.56 Å². The molecule has 2 heterocycles. The lowest BCUT2D eigenvalue weighted by Crippen LogP contribution is -2.29. The van der Waals surface area contributed by atoms with Gasteiger partial charge in [0.1, 0.15) is 17.4 Å². The molecule has 8 nitrogen and oxygen atoms in total. The number of aromatic nitrogens is 1. The van der Waals surface area contributed by atoms with E-state index < -0.39 is 27.3 Å². The minimum absolute atomic E-state index is 0.0732.